The number of nitrogens with zero attached hydrogens (tertiary/aromatic N) is 2. The van der Waals surface area contributed by atoms with Gasteiger partial charge in [-0.25, -0.2) is 9.07 Å². The predicted molar refractivity (Wildman–Crippen MR) is 82.8 cm³/mol. The lowest BCUT2D eigenvalue weighted by Gasteiger charge is -2.05. The standard InChI is InChI=1S/C17H16FN3/c1-11-5-3-4-6-16(11)21-10-15(19)17(20-21)14-8-7-13(18)9-12(14)2/h3-10H,19H2,1-2H3. The molecule has 0 atom stereocenters. The Balaban J connectivity index is 2.12. The van der Waals surface area contributed by atoms with Gasteiger partial charge in [-0.3, -0.25) is 0 Å². The van der Waals surface area contributed by atoms with Gasteiger partial charge in [-0.05, 0) is 49.2 Å². The Bertz CT molecular complexity index is 806. The van der Waals surface area contributed by atoms with Crippen molar-refractivity contribution in [1.82, 2.24) is 9.78 Å². The van der Waals surface area contributed by atoms with Gasteiger partial charge < -0.3 is 5.73 Å². The van der Waals surface area contributed by atoms with Gasteiger partial charge in [0.25, 0.3) is 0 Å². The summed E-state index contributed by atoms with van der Waals surface area (Å²) in [6.45, 7) is 3.88. The first kappa shape index (κ1) is 13.4. The van der Waals surface area contributed by atoms with Crippen LogP contribution in [0.4, 0.5) is 10.1 Å². The molecule has 0 aliphatic rings. The molecular formula is C17H16FN3. The molecule has 3 aromatic rings. The molecule has 0 spiro atoms. The molecule has 0 radical (unpaired) electrons. The van der Waals surface area contributed by atoms with Crippen LogP contribution in [0.25, 0.3) is 16.9 Å². The Hall–Kier alpha value is -2.62. The van der Waals surface area contributed by atoms with Crippen molar-refractivity contribution in [2.75, 3.05) is 5.73 Å². The van der Waals surface area contributed by atoms with Crippen LogP contribution in [-0.2, 0) is 0 Å². The molecule has 1 heterocycles. The van der Waals surface area contributed by atoms with Crippen LogP contribution in [-0.4, -0.2) is 9.78 Å². The summed E-state index contributed by atoms with van der Waals surface area (Å²) >= 11 is 0. The largest absolute Gasteiger partial charge is 0.396 e. The first-order valence-corrected chi connectivity index (χ1v) is 6.74. The zero-order valence-corrected chi connectivity index (χ0v) is 12.0. The van der Waals surface area contributed by atoms with E-state index in [2.05, 4.69) is 5.10 Å². The Morgan fingerprint density at radius 1 is 1.05 bits per heavy atom. The van der Waals surface area contributed by atoms with E-state index in [-0.39, 0.29) is 5.82 Å². The predicted octanol–water partition coefficient (Wildman–Crippen LogP) is 3.88. The zero-order valence-electron chi connectivity index (χ0n) is 12.0. The molecule has 0 bridgehead atoms. The summed E-state index contributed by atoms with van der Waals surface area (Å²) in [5.41, 5.74) is 11.1. The highest BCUT2D eigenvalue weighted by Gasteiger charge is 2.13. The lowest BCUT2D eigenvalue weighted by Crippen LogP contribution is -1.97. The van der Waals surface area contributed by atoms with E-state index in [0.29, 0.717) is 11.4 Å². The van der Waals surface area contributed by atoms with Crippen molar-refractivity contribution in [3.05, 3.63) is 65.6 Å². The number of anilines is 1. The van der Waals surface area contributed by atoms with E-state index in [1.807, 2.05) is 38.1 Å². The average molecular weight is 281 g/mol. The molecule has 3 nitrogen and oxygen atoms in total. The average Bonchev–Trinajstić information content (AvgIpc) is 2.81. The quantitative estimate of drug-likeness (QED) is 0.774. The molecule has 0 fully saturated rings. The monoisotopic (exact) mass is 281 g/mol. The van der Waals surface area contributed by atoms with Crippen molar-refractivity contribution < 1.29 is 4.39 Å². The van der Waals surface area contributed by atoms with Crippen molar-refractivity contribution in [3.8, 4) is 16.9 Å². The fourth-order valence-electron chi connectivity index (χ4n) is 2.43. The molecule has 2 N–H and O–H groups in total. The maximum atomic E-state index is 13.2. The summed E-state index contributed by atoms with van der Waals surface area (Å²) in [4.78, 5) is 0. The number of rotatable bonds is 2. The van der Waals surface area contributed by atoms with E-state index in [4.69, 9.17) is 5.73 Å². The number of nitrogen functional groups attached to an aromatic ring is 1. The van der Waals surface area contributed by atoms with Crippen LogP contribution < -0.4 is 5.73 Å². The maximum Gasteiger partial charge on any atom is 0.123 e. The van der Waals surface area contributed by atoms with Crippen LogP contribution in [0.15, 0.2) is 48.7 Å². The Morgan fingerprint density at radius 2 is 1.81 bits per heavy atom. The number of nitrogens with two attached hydrogens (primary N) is 1. The van der Waals surface area contributed by atoms with Gasteiger partial charge in [0.1, 0.15) is 11.5 Å². The van der Waals surface area contributed by atoms with Crippen molar-refractivity contribution >= 4 is 5.69 Å². The molecule has 2 aromatic carbocycles. The fraction of sp³-hybridized carbons (Fsp3) is 0.118. The third-order valence-corrected chi connectivity index (χ3v) is 3.55. The SMILES string of the molecule is Cc1cc(F)ccc1-c1nn(-c2ccccc2C)cc1N. The first-order chi connectivity index (χ1) is 10.1. The molecule has 0 unspecified atom stereocenters. The molecule has 0 aliphatic heterocycles. The topological polar surface area (TPSA) is 43.8 Å². The van der Waals surface area contributed by atoms with E-state index in [0.717, 1.165) is 22.4 Å². The minimum atomic E-state index is -0.256. The van der Waals surface area contributed by atoms with E-state index in [1.54, 1.807) is 16.9 Å². The first-order valence-electron chi connectivity index (χ1n) is 6.74. The van der Waals surface area contributed by atoms with Crippen LogP contribution in [0.3, 0.4) is 0 Å². The van der Waals surface area contributed by atoms with E-state index in [1.165, 1.54) is 12.1 Å². The number of hydrogen-bond acceptors (Lipinski definition) is 2. The Kier molecular flexibility index (Phi) is 3.22. The summed E-state index contributed by atoms with van der Waals surface area (Å²) in [6, 6.07) is 12.6. The third-order valence-electron chi connectivity index (χ3n) is 3.55. The molecular weight excluding hydrogens is 265 g/mol. The number of benzene rings is 2. The van der Waals surface area contributed by atoms with Crippen molar-refractivity contribution in [2.24, 2.45) is 0 Å². The summed E-state index contributed by atoms with van der Waals surface area (Å²) in [5.74, 6) is -0.256. The van der Waals surface area contributed by atoms with Crippen molar-refractivity contribution in [2.45, 2.75) is 13.8 Å². The van der Waals surface area contributed by atoms with Crippen LogP contribution in [0, 0.1) is 19.7 Å². The van der Waals surface area contributed by atoms with Crippen LogP contribution in [0.5, 0.6) is 0 Å². The van der Waals surface area contributed by atoms with E-state index in [9.17, 15) is 4.39 Å². The summed E-state index contributed by atoms with van der Waals surface area (Å²) < 4.78 is 15.0. The van der Waals surface area contributed by atoms with Gasteiger partial charge in [-0.1, -0.05) is 18.2 Å². The highest BCUT2D eigenvalue weighted by atomic mass is 19.1. The van der Waals surface area contributed by atoms with Gasteiger partial charge in [0.15, 0.2) is 0 Å². The third kappa shape index (κ3) is 2.40. The number of halogens is 1. The highest BCUT2D eigenvalue weighted by molar-refractivity contribution is 5.75. The lowest BCUT2D eigenvalue weighted by atomic mass is 10.1. The Labute approximate surface area is 122 Å². The maximum absolute atomic E-state index is 13.2. The van der Waals surface area contributed by atoms with Gasteiger partial charge in [0, 0.05) is 5.56 Å². The molecule has 0 aliphatic carbocycles. The van der Waals surface area contributed by atoms with Crippen molar-refractivity contribution in [1.29, 1.82) is 0 Å². The number of aromatic nitrogens is 2. The van der Waals surface area contributed by atoms with Crippen LogP contribution in [0.2, 0.25) is 0 Å². The summed E-state index contributed by atoms with van der Waals surface area (Å²) in [6.07, 6.45) is 1.79. The Morgan fingerprint density at radius 3 is 2.52 bits per heavy atom. The molecule has 3 rings (SSSR count). The second-order valence-electron chi connectivity index (χ2n) is 5.12. The molecule has 106 valence electrons. The van der Waals surface area contributed by atoms with Gasteiger partial charge in [0.05, 0.1) is 17.6 Å². The molecule has 0 saturated carbocycles. The second kappa shape index (κ2) is 5.05. The zero-order chi connectivity index (χ0) is 15.0. The lowest BCUT2D eigenvalue weighted by molar-refractivity contribution is 0.627. The van der Waals surface area contributed by atoms with Gasteiger partial charge >= 0.3 is 0 Å². The smallest absolute Gasteiger partial charge is 0.123 e. The number of aryl methyl sites for hydroxylation is 2. The van der Waals surface area contributed by atoms with Crippen molar-refractivity contribution in [3.63, 3.8) is 0 Å². The van der Waals surface area contributed by atoms with Gasteiger partial charge in [-0.2, -0.15) is 5.10 Å². The van der Waals surface area contributed by atoms with Crippen LogP contribution in [0.1, 0.15) is 11.1 Å². The molecule has 21 heavy (non-hydrogen) atoms. The minimum absolute atomic E-state index is 0.256. The molecule has 0 amide bonds. The highest BCUT2D eigenvalue weighted by Crippen LogP contribution is 2.29. The minimum Gasteiger partial charge on any atom is -0.396 e. The second-order valence-corrected chi connectivity index (χ2v) is 5.12. The van der Waals surface area contributed by atoms with Gasteiger partial charge in [-0.15, -0.1) is 0 Å². The van der Waals surface area contributed by atoms with Crippen LogP contribution >= 0.6 is 0 Å². The summed E-state index contributed by atoms with van der Waals surface area (Å²) in [5, 5.41) is 4.57. The summed E-state index contributed by atoms with van der Waals surface area (Å²) in [7, 11) is 0. The fourth-order valence-corrected chi connectivity index (χ4v) is 2.43. The molecule has 0 saturated heterocycles. The normalized spacial score (nSPS) is 10.8. The van der Waals surface area contributed by atoms with Gasteiger partial charge in [0.2, 0.25) is 0 Å². The number of hydrogen-bond donors (Lipinski definition) is 1. The number of para-hydroxylation sites is 1. The van der Waals surface area contributed by atoms with E-state index < -0.39 is 0 Å². The van der Waals surface area contributed by atoms with E-state index >= 15 is 0 Å². The molecule has 4 heteroatoms. The molecule has 1 aromatic heterocycles.